The predicted molar refractivity (Wildman–Crippen MR) is 117 cm³/mol. The Morgan fingerprint density at radius 3 is 2.35 bits per heavy atom. The molecule has 0 saturated carbocycles. The molecule has 0 fully saturated rings. The van der Waals surface area contributed by atoms with Crippen LogP contribution in [0, 0.1) is 6.92 Å². The molecule has 0 radical (unpaired) electrons. The van der Waals surface area contributed by atoms with Crippen molar-refractivity contribution in [2.24, 2.45) is 0 Å². The van der Waals surface area contributed by atoms with E-state index in [9.17, 15) is 18.0 Å². The second-order valence-corrected chi connectivity index (χ2v) is 8.68. The number of aryl methyl sites for hydroxylation is 1. The third-order valence-electron chi connectivity index (χ3n) is 4.42. The Labute approximate surface area is 183 Å². The van der Waals surface area contributed by atoms with Gasteiger partial charge in [-0.15, -0.1) is 0 Å². The molecular weight excluding hydrogens is 420 g/mol. The van der Waals surface area contributed by atoms with Crippen LogP contribution in [0.5, 0.6) is 5.75 Å². The second kappa shape index (κ2) is 11.5. The van der Waals surface area contributed by atoms with Gasteiger partial charge in [0.15, 0.2) is 6.61 Å². The Balaban J connectivity index is 1.81. The van der Waals surface area contributed by atoms with Crippen molar-refractivity contribution < 1.29 is 27.5 Å². The summed E-state index contributed by atoms with van der Waals surface area (Å²) in [5, 5.41) is 2.54. The van der Waals surface area contributed by atoms with E-state index < -0.39 is 28.5 Å². The number of amides is 1. The van der Waals surface area contributed by atoms with Crippen molar-refractivity contribution in [2.75, 3.05) is 31.6 Å². The molecule has 2 aromatic carbocycles. The van der Waals surface area contributed by atoms with Crippen LogP contribution in [-0.2, 0) is 24.3 Å². The molecule has 0 aliphatic rings. The van der Waals surface area contributed by atoms with E-state index in [1.807, 2.05) is 31.2 Å². The fraction of sp³-hybridized carbons (Fsp3) is 0.364. The summed E-state index contributed by atoms with van der Waals surface area (Å²) < 4.78 is 36.9. The topological polar surface area (TPSA) is 102 Å². The summed E-state index contributed by atoms with van der Waals surface area (Å²) in [6, 6.07) is 13.4. The second-order valence-electron chi connectivity index (χ2n) is 6.74. The zero-order valence-electron chi connectivity index (χ0n) is 18.0. The molecule has 8 nitrogen and oxygen atoms in total. The molecule has 0 atom stereocenters. The molecule has 168 valence electrons. The lowest BCUT2D eigenvalue weighted by Crippen LogP contribution is -2.30. The third kappa shape index (κ3) is 7.37. The Morgan fingerprint density at radius 2 is 1.71 bits per heavy atom. The number of hydrogen-bond donors (Lipinski definition) is 1. The van der Waals surface area contributed by atoms with Crippen molar-refractivity contribution in [3.8, 4) is 5.75 Å². The number of hydrogen-bond acceptors (Lipinski definition) is 6. The first-order valence-corrected chi connectivity index (χ1v) is 11.5. The summed E-state index contributed by atoms with van der Waals surface area (Å²) in [6.45, 7) is 5.83. The summed E-state index contributed by atoms with van der Waals surface area (Å²) in [7, 11) is -3.64. The van der Waals surface area contributed by atoms with E-state index in [2.05, 4.69) is 5.32 Å². The van der Waals surface area contributed by atoms with Crippen LogP contribution in [0.4, 0.5) is 5.69 Å². The lowest BCUT2D eigenvalue weighted by atomic mass is 10.2. The molecule has 0 aliphatic heterocycles. The highest BCUT2D eigenvalue weighted by atomic mass is 32.2. The first kappa shape index (κ1) is 24.4. The van der Waals surface area contributed by atoms with Crippen LogP contribution in [0.25, 0.3) is 0 Å². The molecule has 31 heavy (non-hydrogen) atoms. The van der Waals surface area contributed by atoms with Gasteiger partial charge in [-0.1, -0.05) is 37.6 Å². The van der Waals surface area contributed by atoms with Crippen LogP contribution in [0.2, 0.25) is 0 Å². The van der Waals surface area contributed by atoms with Crippen molar-refractivity contribution in [3.63, 3.8) is 0 Å². The van der Waals surface area contributed by atoms with Gasteiger partial charge in [0.05, 0.1) is 17.9 Å². The number of nitrogens with one attached hydrogen (secondary N) is 1. The van der Waals surface area contributed by atoms with Crippen LogP contribution >= 0.6 is 0 Å². The van der Waals surface area contributed by atoms with Gasteiger partial charge in [0.25, 0.3) is 5.91 Å². The minimum atomic E-state index is -3.64. The fourth-order valence-corrected chi connectivity index (χ4v) is 4.25. The molecule has 0 aromatic heterocycles. The van der Waals surface area contributed by atoms with Crippen LogP contribution in [0.15, 0.2) is 53.4 Å². The van der Waals surface area contributed by atoms with Gasteiger partial charge in [-0.05, 0) is 37.3 Å². The molecule has 0 bridgehead atoms. The molecule has 1 N–H and O–H groups in total. The number of esters is 1. The van der Waals surface area contributed by atoms with Crippen molar-refractivity contribution >= 4 is 27.6 Å². The van der Waals surface area contributed by atoms with E-state index >= 15 is 0 Å². The summed E-state index contributed by atoms with van der Waals surface area (Å²) in [6.07, 6.45) is -0.00123. The SMILES string of the molecule is CCN(CC)S(=O)(=O)c1cccc(NC(=O)COC(=O)CCOc2ccc(C)cc2)c1. The predicted octanol–water partition coefficient (Wildman–Crippen LogP) is 2.98. The maximum absolute atomic E-state index is 12.6. The highest BCUT2D eigenvalue weighted by Gasteiger charge is 2.22. The molecule has 2 aromatic rings. The monoisotopic (exact) mass is 448 g/mol. The number of carbonyl (C=O) groups excluding carboxylic acids is 2. The largest absolute Gasteiger partial charge is 0.493 e. The minimum Gasteiger partial charge on any atom is -0.493 e. The Bertz CT molecular complexity index is 985. The Morgan fingerprint density at radius 1 is 1.03 bits per heavy atom. The number of anilines is 1. The first-order valence-electron chi connectivity index (χ1n) is 10.0. The summed E-state index contributed by atoms with van der Waals surface area (Å²) in [5.74, 6) is -0.485. The number of rotatable bonds is 11. The molecule has 2 rings (SSSR count). The molecule has 1 amide bonds. The van der Waals surface area contributed by atoms with Crippen LogP contribution in [-0.4, -0.2) is 50.9 Å². The highest BCUT2D eigenvalue weighted by molar-refractivity contribution is 7.89. The normalized spacial score (nSPS) is 11.2. The molecular formula is C22H28N2O6S. The zero-order chi connectivity index (χ0) is 22.9. The van der Waals surface area contributed by atoms with E-state index in [1.165, 1.54) is 16.4 Å². The lowest BCUT2D eigenvalue weighted by molar-refractivity contribution is -0.147. The minimum absolute atomic E-state index is 0.00123. The fourth-order valence-electron chi connectivity index (χ4n) is 2.75. The van der Waals surface area contributed by atoms with E-state index in [0.29, 0.717) is 24.5 Å². The van der Waals surface area contributed by atoms with Gasteiger partial charge in [0.2, 0.25) is 10.0 Å². The lowest BCUT2D eigenvalue weighted by Gasteiger charge is -2.18. The van der Waals surface area contributed by atoms with Gasteiger partial charge in [-0.3, -0.25) is 9.59 Å². The summed E-state index contributed by atoms with van der Waals surface area (Å²) >= 11 is 0. The quantitative estimate of drug-likeness (QED) is 0.530. The zero-order valence-corrected chi connectivity index (χ0v) is 18.8. The van der Waals surface area contributed by atoms with Crippen molar-refractivity contribution in [1.82, 2.24) is 4.31 Å². The Kier molecular flexibility index (Phi) is 9.02. The third-order valence-corrected chi connectivity index (χ3v) is 6.47. The maximum atomic E-state index is 12.6. The average Bonchev–Trinajstić information content (AvgIpc) is 2.74. The molecule has 0 spiro atoms. The first-order chi connectivity index (χ1) is 14.8. The molecule has 0 aliphatic carbocycles. The summed E-state index contributed by atoms with van der Waals surface area (Å²) in [5.41, 5.74) is 1.41. The van der Waals surface area contributed by atoms with E-state index in [4.69, 9.17) is 9.47 Å². The molecule has 9 heteroatoms. The van der Waals surface area contributed by atoms with Gasteiger partial charge < -0.3 is 14.8 Å². The van der Waals surface area contributed by atoms with Gasteiger partial charge in [-0.2, -0.15) is 4.31 Å². The standard InChI is InChI=1S/C22H28N2O6S/c1-4-24(5-2)31(27,28)20-8-6-7-18(15-20)23-21(25)16-30-22(26)13-14-29-19-11-9-17(3)10-12-19/h6-12,15H,4-5,13-14,16H2,1-3H3,(H,23,25). The van der Waals surface area contributed by atoms with Crippen molar-refractivity contribution in [3.05, 3.63) is 54.1 Å². The number of sulfonamides is 1. The van der Waals surface area contributed by atoms with Crippen LogP contribution in [0.1, 0.15) is 25.8 Å². The van der Waals surface area contributed by atoms with Crippen molar-refractivity contribution in [1.29, 1.82) is 0 Å². The number of ether oxygens (including phenoxy) is 2. The van der Waals surface area contributed by atoms with E-state index in [0.717, 1.165) is 5.56 Å². The van der Waals surface area contributed by atoms with Crippen molar-refractivity contribution in [2.45, 2.75) is 32.1 Å². The molecule has 0 saturated heterocycles. The number of benzene rings is 2. The molecule has 0 heterocycles. The summed E-state index contributed by atoms with van der Waals surface area (Å²) in [4.78, 5) is 24.0. The molecule has 0 unspecified atom stereocenters. The smallest absolute Gasteiger partial charge is 0.309 e. The van der Waals surface area contributed by atoms with E-state index in [-0.39, 0.29) is 17.9 Å². The van der Waals surface area contributed by atoms with Crippen LogP contribution < -0.4 is 10.1 Å². The van der Waals surface area contributed by atoms with Crippen LogP contribution in [0.3, 0.4) is 0 Å². The number of carbonyl (C=O) groups is 2. The van der Waals surface area contributed by atoms with Gasteiger partial charge >= 0.3 is 5.97 Å². The number of nitrogens with zero attached hydrogens (tertiary/aromatic N) is 1. The average molecular weight is 449 g/mol. The van der Waals surface area contributed by atoms with Gasteiger partial charge in [0.1, 0.15) is 5.75 Å². The van der Waals surface area contributed by atoms with Gasteiger partial charge in [0, 0.05) is 18.8 Å². The Hall–Kier alpha value is -2.91. The van der Waals surface area contributed by atoms with E-state index in [1.54, 1.807) is 26.0 Å². The highest BCUT2D eigenvalue weighted by Crippen LogP contribution is 2.19. The van der Waals surface area contributed by atoms with Gasteiger partial charge in [-0.25, -0.2) is 8.42 Å². The maximum Gasteiger partial charge on any atom is 0.309 e.